The van der Waals surface area contributed by atoms with Crippen LogP contribution < -0.4 is 4.90 Å². The third-order valence-electron chi connectivity index (χ3n) is 3.81. The van der Waals surface area contributed by atoms with Gasteiger partial charge < -0.3 is 14.2 Å². The highest BCUT2D eigenvalue weighted by Gasteiger charge is 2.29. The summed E-state index contributed by atoms with van der Waals surface area (Å²) in [4.78, 5) is 31.8. The van der Waals surface area contributed by atoms with Crippen LogP contribution in [-0.2, 0) is 21.4 Å². The molecule has 1 unspecified atom stereocenters. The maximum Gasteiger partial charge on any atom is 0.252 e. The summed E-state index contributed by atoms with van der Waals surface area (Å²) in [6.45, 7) is 0.654. The smallest absolute Gasteiger partial charge is 0.252 e. The zero-order chi connectivity index (χ0) is 15.4. The van der Waals surface area contributed by atoms with Crippen molar-refractivity contribution in [3.63, 3.8) is 0 Å². The van der Waals surface area contributed by atoms with Crippen LogP contribution in [0.1, 0.15) is 19.3 Å². The van der Waals surface area contributed by atoms with Crippen LogP contribution in [-0.4, -0.2) is 59.6 Å². The molecule has 2 amide bonds. The lowest BCUT2D eigenvalue weighted by molar-refractivity contribution is -0.143. The molecule has 0 radical (unpaired) electrons. The number of amides is 2. The number of carbonyl (C=O) groups is 2. The van der Waals surface area contributed by atoms with Crippen molar-refractivity contribution in [1.29, 1.82) is 0 Å². The van der Waals surface area contributed by atoms with Crippen molar-refractivity contribution < 1.29 is 14.3 Å². The number of anilines is 1. The van der Waals surface area contributed by atoms with E-state index < -0.39 is 6.10 Å². The topological polar surface area (TPSA) is 67.7 Å². The summed E-state index contributed by atoms with van der Waals surface area (Å²) in [6.07, 6.45) is 5.53. The molecule has 1 aromatic heterocycles. The van der Waals surface area contributed by atoms with Gasteiger partial charge in [0.2, 0.25) is 11.9 Å². The maximum absolute atomic E-state index is 12.4. The van der Waals surface area contributed by atoms with Crippen LogP contribution >= 0.6 is 0 Å². The fourth-order valence-corrected chi connectivity index (χ4v) is 2.51. The van der Waals surface area contributed by atoms with Gasteiger partial charge in [0.05, 0.1) is 0 Å². The lowest BCUT2D eigenvalue weighted by atomic mass is 10.2. The minimum Gasteiger partial charge on any atom is -0.372 e. The number of aryl methyl sites for hydroxylation is 1. The summed E-state index contributed by atoms with van der Waals surface area (Å²) in [5, 5.41) is 0. The Kier molecular flexibility index (Phi) is 4.95. The van der Waals surface area contributed by atoms with E-state index in [1.54, 1.807) is 28.9 Å². The van der Waals surface area contributed by atoms with Gasteiger partial charge in [-0.3, -0.25) is 14.5 Å². The number of aromatic nitrogens is 2. The molecule has 1 aliphatic heterocycles. The molecule has 7 nitrogen and oxygen atoms in total. The van der Waals surface area contributed by atoms with Gasteiger partial charge in [-0.15, -0.1) is 0 Å². The molecule has 0 N–H and O–H groups in total. The molecule has 1 aliphatic rings. The minimum atomic E-state index is -0.432. The van der Waals surface area contributed by atoms with Crippen molar-refractivity contribution >= 4 is 17.8 Å². The fourth-order valence-electron chi connectivity index (χ4n) is 2.51. The second-order valence-corrected chi connectivity index (χ2v) is 5.27. The van der Waals surface area contributed by atoms with Gasteiger partial charge in [0, 0.05) is 40.1 Å². The van der Waals surface area contributed by atoms with Crippen LogP contribution in [0.4, 0.5) is 5.95 Å². The molecule has 21 heavy (non-hydrogen) atoms. The summed E-state index contributed by atoms with van der Waals surface area (Å²) in [7, 11) is 5.03. The van der Waals surface area contributed by atoms with Gasteiger partial charge in [0.15, 0.2) is 0 Å². The Morgan fingerprint density at radius 3 is 2.90 bits per heavy atom. The summed E-state index contributed by atoms with van der Waals surface area (Å²) < 4.78 is 6.98. The Morgan fingerprint density at radius 1 is 1.52 bits per heavy atom. The molecule has 0 aliphatic carbocycles. The first-order chi connectivity index (χ1) is 10.0. The standard InChI is InChI=1S/C14H22N4O3/c1-16-9-7-15-14(16)17(2)12(19)10-18-8-5-4-6-11(21-3)13(18)20/h7,9,11H,4-6,8,10H2,1-3H3. The average molecular weight is 294 g/mol. The fraction of sp³-hybridized carbons (Fsp3) is 0.643. The number of hydrogen-bond acceptors (Lipinski definition) is 4. The highest BCUT2D eigenvalue weighted by atomic mass is 16.5. The number of hydrogen-bond donors (Lipinski definition) is 0. The third-order valence-corrected chi connectivity index (χ3v) is 3.81. The molecular formula is C14H22N4O3. The van der Waals surface area contributed by atoms with Gasteiger partial charge in [0.25, 0.3) is 5.91 Å². The van der Waals surface area contributed by atoms with Crippen LogP contribution in [0.3, 0.4) is 0 Å². The Hall–Kier alpha value is -1.89. The summed E-state index contributed by atoms with van der Waals surface area (Å²) >= 11 is 0. The van der Waals surface area contributed by atoms with E-state index in [2.05, 4.69) is 4.98 Å². The molecule has 1 fully saturated rings. The van der Waals surface area contributed by atoms with Gasteiger partial charge >= 0.3 is 0 Å². The molecule has 116 valence electrons. The van der Waals surface area contributed by atoms with Crippen LogP contribution in [0, 0.1) is 0 Å². The molecule has 0 bridgehead atoms. The highest BCUT2D eigenvalue weighted by Crippen LogP contribution is 2.15. The van der Waals surface area contributed by atoms with E-state index in [-0.39, 0.29) is 18.4 Å². The van der Waals surface area contributed by atoms with E-state index in [4.69, 9.17) is 4.74 Å². The molecule has 1 atom stereocenters. The lowest BCUT2D eigenvalue weighted by Gasteiger charge is -2.25. The van der Waals surface area contributed by atoms with Gasteiger partial charge in [-0.2, -0.15) is 0 Å². The molecule has 1 aromatic rings. The van der Waals surface area contributed by atoms with E-state index in [0.717, 1.165) is 19.3 Å². The van der Waals surface area contributed by atoms with Crippen molar-refractivity contribution in [3.05, 3.63) is 12.4 Å². The predicted octanol–water partition coefficient (Wildman–Crippen LogP) is 0.410. The maximum atomic E-state index is 12.4. The van der Waals surface area contributed by atoms with Crippen LogP contribution in [0.15, 0.2) is 12.4 Å². The van der Waals surface area contributed by atoms with Crippen LogP contribution in [0.5, 0.6) is 0 Å². The number of nitrogens with zero attached hydrogens (tertiary/aromatic N) is 4. The van der Waals surface area contributed by atoms with Gasteiger partial charge in [-0.05, 0) is 19.3 Å². The first-order valence-electron chi connectivity index (χ1n) is 7.10. The Balaban J connectivity index is 2.04. The third kappa shape index (κ3) is 3.41. The molecule has 2 rings (SSSR count). The Bertz CT molecular complexity index is 514. The summed E-state index contributed by atoms with van der Waals surface area (Å²) in [5.41, 5.74) is 0. The number of ether oxygens (including phenoxy) is 1. The second-order valence-electron chi connectivity index (χ2n) is 5.27. The molecule has 2 heterocycles. The van der Waals surface area contributed by atoms with Crippen molar-refractivity contribution in [3.8, 4) is 0 Å². The lowest BCUT2D eigenvalue weighted by Crippen LogP contribution is -2.45. The predicted molar refractivity (Wildman–Crippen MR) is 77.8 cm³/mol. The number of likely N-dealkylation sites (N-methyl/N-ethyl adjacent to an activating group) is 1. The molecule has 0 aromatic carbocycles. The Labute approximate surface area is 124 Å². The van der Waals surface area contributed by atoms with Gasteiger partial charge in [-0.1, -0.05) is 0 Å². The molecule has 1 saturated heterocycles. The van der Waals surface area contributed by atoms with E-state index in [1.165, 1.54) is 12.0 Å². The zero-order valence-electron chi connectivity index (χ0n) is 12.8. The van der Waals surface area contributed by atoms with Crippen molar-refractivity contribution in [2.45, 2.75) is 25.4 Å². The second kappa shape index (κ2) is 6.71. The normalized spacial score (nSPS) is 19.5. The van der Waals surface area contributed by atoms with Gasteiger partial charge in [0.1, 0.15) is 12.6 Å². The highest BCUT2D eigenvalue weighted by molar-refractivity contribution is 5.95. The van der Waals surface area contributed by atoms with E-state index in [1.807, 2.05) is 7.05 Å². The van der Waals surface area contributed by atoms with Crippen molar-refractivity contribution in [1.82, 2.24) is 14.5 Å². The molecule has 7 heteroatoms. The van der Waals surface area contributed by atoms with Gasteiger partial charge in [-0.25, -0.2) is 4.98 Å². The molecular weight excluding hydrogens is 272 g/mol. The average Bonchev–Trinajstić information content (AvgIpc) is 2.82. The SMILES string of the molecule is COC1CCCCN(CC(=O)N(C)c2nccn2C)C1=O. The van der Waals surface area contributed by atoms with E-state index >= 15 is 0 Å². The van der Waals surface area contributed by atoms with Crippen LogP contribution in [0.2, 0.25) is 0 Å². The number of imidazole rings is 1. The molecule has 0 saturated carbocycles. The van der Waals surface area contributed by atoms with E-state index in [9.17, 15) is 9.59 Å². The number of rotatable bonds is 4. The molecule has 0 spiro atoms. The van der Waals surface area contributed by atoms with Crippen LogP contribution in [0.25, 0.3) is 0 Å². The number of likely N-dealkylation sites (tertiary alicyclic amines) is 1. The first-order valence-corrected chi connectivity index (χ1v) is 7.10. The largest absolute Gasteiger partial charge is 0.372 e. The zero-order valence-corrected chi connectivity index (χ0v) is 12.8. The number of carbonyl (C=O) groups excluding carboxylic acids is 2. The summed E-state index contributed by atoms with van der Waals surface area (Å²) in [5.74, 6) is 0.302. The van der Waals surface area contributed by atoms with Crippen molar-refractivity contribution in [2.75, 3.05) is 32.1 Å². The quantitative estimate of drug-likeness (QED) is 0.806. The Morgan fingerprint density at radius 2 is 2.29 bits per heavy atom. The monoisotopic (exact) mass is 294 g/mol. The number of methoxy groups -OCH3 is 1. The minimum absolute atomic E-state index is 0.0576. The van der Waals surface area contributed by atoms with E-state index in [0.29, 0.717) is 12.5 Å². The first kappa shape index (κ1) is 15.5. The van der Waals surface area contributed by atoms with Crippen molar-refractivity contribution in [2.24, 2.45) is 7.05 Å². The summed E-state index contributed by atoms with van der Waals surface area (Å²) in [6, 6.07) is 0.